The van der Waals surface area contributed by atoms with Crippen molar-refractivity contribution in [3.8, 4) is 11.5 Å². The SMILES string of the molecule is COc1ccc(C2(COS(=O)(=O)c3ccc(C)cc3)CCC2)cc1OC. The maximum Gasteiger partial charge on any atom is 0.297 e. The Morgan fingerprint density at radius 3 is 2.15 bits per heavy atom. The fourth-order valence-electron chi connectivity index (χ4n) is 3.25. The topological polar surface area (TPSA) is 61.8 Å². The van der Waals surface area contributed by atoms with Crippen LogP contribution in [0.2, 0.25) is 0 Å². The van der Waals surface area contributed by atoms with Crippen LogP contribution in [-0.2, 0) is 19.7 Å². The van der Waals surface area contributed by atoms with Crippen molar-refractivity contribution >= 4 is 10.1 Å². The van der Waals surface area contributed by atoms with Gasteiger partial charge in [-0.15, -0.1) is 0 Å². The Morgan fingerprint density at radius 2 is 1.62 bits per heavy atom. The average Bonchev–Trinajstić information content (AvgIpc) is 2.61. The molecule has 3 rings (SSSR count). The molecule has 140 valence electrons. The minimum Gasteiger partial charge on any atom is -0.493 e. The Kier molecular flexibility index (Phi) is 5.25. The van der Waals surface area contributed by atoms with E-state index >= 15 is 0 Å². The third-order valence-electron chi connectivity index (χ3n) is 5.11. The minimum absolute atomic E-state index is 0.124. The molecule has 26 heavy (non-hydrogen) atoms. The van der Waals surface area contributed by atoms with Crippen LogP contribution in [0.15, 0.2) is 47.4 Å². The number of hydrogen-bond acceptors (Lipinski definition) is 5. The molecule has 1 aliphatic carbocycles. The van der Waals surface area contributed by atoms with Gasteiger partial charge in [0.2, 0.25) is 0 Å². The summed E-state index contributed by atoms with van der Waals surface area (Å²) < 4.78 is 41.2. The molecule has 6 heteroatoms. The molecule has 0 spiro atoms. The van der Waals surface area contributed by atoms with Crippen molar-refractivity contribution in [1.82, 2.24) is 0 Å². The van der Waals surface area contributed by atoms with Gasteiger partial charge in [0.25, 0.3) is 10.1 Å². The lowest BCUT2D eigenvalue weighted by Gasteiger charge is -2.42. The van der Waals surface area contributed by atoms with E-state index in [-0.39, 0.29) is 16.9 Å². The van der Waals surface area contributed by atoms with E-state index in [0.29, 0.717) is 11.5 Å². The molecule has 1 fully saturated rings. The first-order chi connectivity index (χ1) is 12.4. The van der Waals surface area contributed by atoms with Gasteiger partial charge in [-0.1, -0.05) is 30.2 Å². The molecule has 0 amide bonds. The number of aryl methyl sites for hydroxylation is 1. The first-order valence-electron chi connectivity index (χ1n) is 8.59. The molecule has 2 aromatic carbocycles. The summed E-state index contributed by atoms with van der Waals surface area (Å²) in [7, 11) is -0.597. The standard InChI is InChI=1S/C20H24O5S/c1-15-5-8-17(9-6-15)26(21,22)25-14-20(11-4-12-20)16-7-10-18(23-2)19(13-16)24-3/h5-10,13H,4,11-12,14H2,1-3H3. The molecule has 0 heterocycles. The zero-order valence-electron chi connectivity index (χ0n) is 15.3. The first kappa shape index (κ1) is 18.7. The van der Waals surface area contributed by atoms with E-state index < -0.39 is 10.1 Å². The van der Waals surface area contributed by atoms with Crippen LogP contribution in [0.4, 0.5) is 0 Å². The molecule has 0 saturated heterocycles. The van der Waals surface area contributed by atoms with Crippen LogP contribution in [0.5, 0.6) is 11.5 Å². The van der Waals surface area contributed by atoms with E-state index in [1.807, 2.05) is 25.1 Å². The van der Waals surface area contributed by atoms with E-state index in [4.69, 9.17) is 13.7 Å². The molecule has 0 radical (unpaired) electrons. The molecule has 0 atom stereocenters. The zero-order chi connectivity index (χ0) is 18.8. The van der Waals surface area contributed by atoms with Crippen LogP contribution in [0.1, 0.15) is 30.4 Å². The van der Waals surface area contributed by atoms with Gasteiger partial charge in [-0.25, -0.2) is 0 Å². The van der Waals surface area contributed by atoms with Crippen molar-refractivity contribution < 1.29 is 22.1 Å². The number of hydrogen-bond donors (Lipinski definition) is 0. The van der Waals surface area contributed by atoms with Gasteiger partial charge in [0.05, 0.1) is 25.7 Å². The van der Waals surface area contributed by atoms with Gasteiger partial charge in [0.15, 0.2) is 11.5 Å². The number of rotatable bonds is 7. The lowest BCUT2D eigenvalue weighted by atomic mass is 9.65. The molecule has 1 saturated carbocycles. The van der Waals surface area contributed by atoms with E-state index in [2.05, 4.69) is 0 Å². The monoisotopic (exact) mass is 376 g/mol. The van der Waals surface area contributed by atoms with Crippen molar-refractivity contribution in [1.29, 1.82) is 0 Å². The van der Waals surface area contributed by atoms with Gasteiger partial charge >= 0.3 is 0 Å². The number of benzene rings is 2. The predicted octanol–water partition coefficient (Wildman–Crippen LogP) is 3.84. The minimum atomic E-state index is -3.78. The third-order valence-corrected chi connectivity index (χ3v) is 6.38. The molecule has 0 aromatic heterocycles. The van der Waals surface area contributed by atoms with Gasteiger partial charge in [-0.2, -0.15) is 8.42 Å². The summed E-state index contributed by atoms with van der Waals surface area (Å²) in [5.74, 6) is 1.29. The van der Waals surface area contributed by atoms with Crippen LogP contribution in [0.25, 0.3) is 0 Å². The van der Waals surface area contributed by atoms with Crippen LogP contribution in [0, 0.1) is 6.92 Å². The molecule has 0 aliphatic heterocycles. The lowest BCUT2D eigenvalue weighted by Crippen LogP contribution is -2.39. The molecule has 1 aliphatic rings. The van der Waals surface area contributed by atoms with E-state index in [0.717, 1.165) is 30.4 Å². The average molecular weight is 376 g/mol. The van der Waals surface area contributed by atoms with Crippen molar-refractivity contribution in [2.75, 3.05) is 20.8 Å². The highest BCUT2D eigenvalue weighted by Crippen LogP contribution is 2.46. The summed E-state index contributed by atoms with van der Waals surface area (Å²) in [5, 5.41) is 0. The Hall–Kier alpha value is -2.05. The van der Waals surface area contributed by atoms with Gasteiger partial charge in [-0.05, 0) is 49.6 Å². The highest BCUT2D eigenvalue weighted by atomic mass is 32.2. The van der Waals surface area contributed by atoms with Gasteiger partial charge < -0.3 is 9.47 Å². The van der Waals surface area contributed by atoms with E-state index in [1.54, 1.807) is 38.5 Å². The Morgan fingerprint density at radius 1 is 0.962 bits per heavy atom. The van der Waals surface area contributed by atoms with Crippen molar-refractivity contribution in [3.63, 3.8) is 0 Å². The molecule has 0 bridgehead atoms. The van der Waals surface area contributed by atoms with Crippen molar-refractivity contribution in [3.05, 3.63) is 53.6 Å². The summed E-state index contributed by atoms with van der Waals surface area (Å²) >= 11 is 0. The summed E-state index contributed by atoms with van der Waals surface area (Å²) in [6.45, 7) is 2.04. The first-order valence-corrected chi connectivity index (χ1v) is 10.00. The highest BCUT2D eigenvalue weighted by Gasteiger charge is 2.41. The van der Waals surface area contributed by atoms with Gasteiger partial charge in [-0.3, -0.25) is 4.18 Å². The van der Waals surface area contributed by atoms with Gasteiger partial charge in [0, 0.05) is 5.41 Å². The van der Waals surface area contributed by atoms with Crippen molar-refractivity contribution in [2.45, 2.75) is 36.5 Å². The van der Waals surface area contributed by atoms with E-state index in [1.165, 1.54) is 0 Å². The molecular formula is C20H24O5S. The number of methoxy groups -OCH3 is 2. The summed E-state index contributed by atoms with van der Waals surface area (Å²) in [6.07, 6.45) is 2.81. The van der Waals surface area contributed by atoms with Crippen LogP contribution >= 0.6 is 0 Å². The molecular weight excluding hydrogens is 352 g/mol. The second-order valence-corrected chi connectivity index (χ2v) is 8.35. The van der Waals surface area contributed by atoms with Crippen LogP contribution in [0.3, 0.4) is 0 Å². The molecule has 2 aromatic rings. The zero-order valence-corrected chi connectivity index (χ0v) is 16.1. The molecule has 5 nitrogen and oxygen atoms in total. The number of ether oxygens (including phenoxy) is 2. The second-order valence-electron chi connectivity index (χ2n) is 6.73. The molecule has 0 N–H and O–H groups in total. The quantitative estimate of drug-likeness (QED) is 0.687. The third kappa shape index (κ3) is 3.57. The van der Waals surface area contributed by atoms with E-state index in [9.17, 15) is 8.42 Å². The Balaban J connectivity index is 1.82. The Labute approximate surface area is 155 Å². The predicted molar refractivity (Wildman–Crippen MR) is 99.4 cm³/mol. The lowest BCUT2D eigenvalue weighted by molar-refractivity contribution is 0.140. The summed E-state index contributed by atoms with van der Waals surface area (Å²) in [4.78, 5) is 0.185. The maximum absolute atomic E-state index is 12.5. The normalized spacial score (nSPS) is 16.0. The molecule has 0 unspecified atom stereocenters. The van der Waals surface area contributed by atoms with Crippen molar-refractivity contribution in [2.24, 2.45) is 0 Å². The summed E-state index contributed by atoms with van der Waals surface area (Å²) in [5.41, 5.74) is 1.71. The maximum atomic E-state index is 12.5. The smallest absolute Gasteiger partial charge is 0.297 e. The second kappa shape index (κ2) is 7.29. The van der Waals surface area contributed by atoms with Crippen LogP contribution in [-0.4, -0.2) is 29.2 Å². The fourth-order valence-corrected chi connectivity index (χ4v) is 4.24. The highest BCUT2D eigenvalue weighted by molar-refractivity contribution is 7.86. The fraction of sp³-hybridized carbons (Fsp3) is 0.400. The largest absolute Gasteiger partial charge is 0.493 e. The van der Waals surface area contributed by atoms with Gasteiger partial charge in [0.1, 0.15) is 0 Å². The van der Waals surface area contributed by atoms with Crippen LogP contribution < -0.4 is 9.47 Å². The Bertz CT molecular complexity index is 868. The summed E-state index contributed by atoms with van der Waals surface area (Å²) in [6, 6.07) is 12.4.